The van der Waals surface area contributed by atoms with Gasteiger partial charge in [-0.3, -0.25) is 4.79 Å². The molecule has 5 nitrogen and oxygen atoms in total. The molecule has 1 amide bonds. The first-order valence-corrected chi connectivity index (χ1v) is 6.45. The Labute approximate surface area is 128 Å². The van der Waals surface area contributed by atoms with E-state index in [4.69, 9.17) is 4.74 Å². The highest BCUT2D eigenvalue weighted by molar-refractivity contribution is 5.85. The van der Waals surface area contributed by atoms with Crippen LogP contribution in [0, 0.1) is 5.92 Å². The molecule has 1 aliphatic rings. The summed E-state index contributed by atoms with van der Waals surface area (Å²) in [6.07, 6.45) is 1.20. The zero-order chi connectivity index (χ0) is 12.5. The van der Waals surface area contributed by atoms with Crippen molar-refractivity contribution < 1.29 is 9.53 Å². The van der Waals surface area contributed by atoms with Crippen LogP contribution in [0.1, 0.15) is 13.3 Å². The van der Waals surface area contributed by atoms with Crippen molar-refractivity contribution in [3.05, 3.63) is 0 Å². The molecule has 19 heavy (non-hydrogen) atoms. The minimum atomic E-state index is 0. The molecular formula is C12H27Cl2N3O2. The standard InChI is InChI=1S/C12H25N3O2.2ClH/c1-3-15-6-4-11(10-15)8-14-12(16)9-13-5-7-17-2;;/h11,13H,3-10H2,1-2H3,(H,14,16);2*1H. The van der Waals surface area contributed by atoms with Crippen molar-refractivity contribution in [3.63, 3.8) is 0 Å². The van der Waals surface area contributed by atoms with Gasteiger partial charge < -0.3 is 20.3 Å². The summed E-state index contributed by atoms with van der Waals surface area (Å²) in [7, 11) is 1.65. The van der Waals surface area contributed by atoms with Crippen molar-refractivity contribution >= 4 is 30.7 Å². The molecule has 0 aromatic heterocycles. The minimum absolute atomic E-state index is 0. The maximum absolute atomic E-state index is 11.5. The molecule has 0 bridgehead atoms. The Kier molecular flexibility index (Phi) is 14.5. The number of likely N-dealkylation sites (tertiary alicyclic amines) is 1. The Morgan fingerprint density at radius 1 is 1.42 bits per heavy atom. The van der Waals surface area contributed by atoms with Gasteiger partial charge in [0.15, 0.2) is 0 Å². The highest BCUT2D eigenvalue weighted by Crippen LogP contribution is 2.14. The Balaban J connectivity index is 0. The van der Waals surface area contributed by atoms with Gasteiger partial charge in [0.05, 0.1) is 13.2 Å². The minimum Gasteiger partial charge on any atom is -0.383 e. The zero-order valence-electron chi connectivity index (χ0n) is 11.8. The van der Waals surface area contributed by atoms with Gasteiger partial charge in [-0.2, -0.15) is 0 Å². The monoisotopic (exact) mass is 315 g/mol. The molecule has 0 aromatic rings. The van der Waals surface area contributed by atoms with E-state index in [1.807, 2.05) is 0 Å². The predicted octanol–water partition coefficient (Wildman–Crippen LogP) is 0.524. The molecule has 0 aliphatic carbocycles. The summed E-state index contributed by atoms with van der Waals surface area (Å²) < 4.78 is 4.89. The molecular weight excluding hydrogens is 289 g/mol. The van der Waals surface area contributed by atoms with Gasteiger partial charge in [-0.05, 0) is 25.4 Å². The van der Waals surface area contributed by atoms with Crippen LogP contribution in [0.5, 0.6) is 0 Å². The lowest BCUT2D eigenvalue weighted by molar-refractivity contribution is -0.120. The number of amides is 1. The van der Waals surface area contributed by atoms with Crippen LogP contribution in [-0.4, -0.2) is 63.8 Å². The number of hydrogen-bond donors (Lipinski definition) is 2. The maximum Gasteiger partial charge on any atom is 0.233 e. The number of ether oxygens (including phenoxy) is 1. The zero-order valence-corrected chi connectivity index (χ0v) is 13.4. The number of methoxy groups -OCH3 is 1. The largest absolute Gasteiger partial charge is 0.383 e. The quantitative estimate of drug-likeness (QED) is 0.641. The number of carbonyl (C=O) groups excluding carboxylic acids is 1. The van der Waals surface area contributed by atoms with Gasteiger partial charge in [-0.1, -0.05) is 6.92 Å². The SMILES string of the molecule is CCN1CCC(CNC(=O)CNCCOC)C1.Cl.Cl. The molecule has 1 saturated heterocycles. The summed E-state index contributed by atoms with van der Waals surface area (Å²) in [6, 6.07) is 0. The molecule has 1 aliphatic heterocycles. The molecule has 1 unspecified atom stereocenters. The van der Waals surface area contributed by atoms with Crippen molar-refractivity contribution in [2.24, 2.45) is 5.92 Å². The fraction of sp³-hybridized carbons (Fsp3) is 0.917. The summed E-state index contributed by atoms with van der Waals surface area (Å²) in [5, 5.41) is 6.01. The highest BCUT2D eigenvalue weighted by atomic mass is 35.5. The fourth-order valence-electron chi connectivity index (χ4n) is 2.06. The Morgan fingerprint density at radius 3 is 2.74 bits per heavy atom. The lowest BCUT2D eigenvalue weighted by Crippen LogP contribution is -2.38. The van der Waals surface area contributed by atoms with Crippen molar-refractivity contribution in [2.45, 2.75) is 13.3 Å². The third kappa shape index (κ3) is 9.46. The number of halogens is 2. The van der Waals surface area contributed by atoms with Gasteiger partial charge >= 0.3 is 0 Å². The topological polar surface area (TPSA) is 53.6 Å². The number of rotatable bonds is 8. The normalized spacial score (nSPS) is 18.5. The molecule has 116 valence electrons. The van der Waals surface area contributed by atoms with Gasteiger partial charge in [0.2, 0.25) is 5.91 Å². The molecule has 0 saturated carbocycles. The second-order valence-electron chi connectivity index (χ2n) is 4.52. The molecule has 1 fully saturated rings. The van der Waals surface area contributed by atoms with Crippen molar-refractivity contribution in [2.75, 3.05) is 53.0 Å². The molecule has 0 aromatic carbocycles. The Morgan fingerprint density at radius 2 is 2.16 bits per heavy atom. The molecule has 7 heteroatoms. The van der Waals surface area contributed by atoms with E-state index in [0.29, 0.717) is 19.1 Å². The van der Waals surface area contributed by atoms with Crippen molar-refractivity contribution in [3.8, 4) is 0 Å². The third-order valence-electron chi connectivity index (χ3n) is 3.17. The molecule has 1 rings (SSSR count). The molecule has 2 N–H and O–H groups in total. The summed E-state index contributed by atoms with van der Waals surface area (Å²) in [5.41, 5.74) is 0. The number of nitrogens with zero attached hydrogens (tertiary/aromatic N) is 1. The van der Waals surface area contributed by atoms with Crippen LogP contribution in [0.3, 0.4) is 0 Å². The van der Waals surface area contributed by atoms with Crippen LogP contribution in [-0.2, 0) is 9.53 Å². The van der Waals surface area contributed by atoms with Gasteiger partial charge in [0, 0.05) is 26.7 Å². The van der Waals surface area contributed by atoms with E-state index < -0.39 is 0 Å². The second-order valence-corrected chi connectivity index (χ2v) is 4.52. The molecule has 0 spiro atoms. The van der Waals surface area contributed by atoms with E-state index in [-0.39, 0.29) is 30.7 Å². The van der Waals surface area contributed by atoms with E-state index in [1.54, 1.807) is 7.11 Å². The highest BCUT2D eigenvalue weighted by Gasteiger charge is 2.21. The summed E-state index contributed by atoms with van der Waals surface area (Å²) >= 11 is 0. The average molecular weight is 316 g/mol. The molecule has 0 radical (unpaired) electrons. The first-order valence-electron chi connectivity index (χ1n) is 6.45. The first kappa shape index (κ1) is 21.2. The first-order chi connectivity index (χ1) is 8.26. The smallest absolute Gasteiger partial charge is 0.233 e. The van der Waals surface area contributed by atoms with Gasteiger partial charge in [0.1, 0.15) is 0 Å². The maximum atomic E-state index is 11.5. The number of hydrogen-bond acceptors (Lipinski definition) is 4. The fourth-order valence-corrected chi connectivity index (χ4v) is 2.06. The van der Waals surface area contributed by atoms with E-state index in [0.717, 1.165) is 26.2 Å². The lowest BCUT2D eigenvalue weighted by atomic mass is 10.1. The van der Waals surface area contributed by atoms with E-state index in [9.17, 15) is 4.79 Å². The van der Waals surface area contributed by atoms with Crippen molar-refractivity contribution in [1.29, 1.82) is 0 Å². The van der Waals surface area contributed by atoms with E-state index in [2.05, 4.69) is 22.5 Å². The Bertz CT molecular complexity index is 233. The van der Waals surface area contributed by atoms with Crippen LogP contribution >= 0.6 is 24.8 Å². The lowest BCUT2D eigenvalue weighted by Gasteiger charge is -2.13. The van der Waals surface area contributed by atoms with Crippen LogP contribution in [0.4, 0.5) is 0 Å². The Hall–Kier alpha value is -0.0700. The van der Waals surface area contributed by atoms with E-state index >= 15 is 0 Å². The summed E-state index contributed by atoms with van der Waals surface area (Å²) in [5.74, 6) is 0.703. The van der Waals surface area contributed by atoms with Crippen LogP contribution in [0.15, 0.2) is 0 Å². The van der Waals surface area contributed by atoms with Crippen LogP contribution in [0.25, 0.3) is 0 Å². The summed E-state index contributed by atoms with van der Waals surface area (Å²) in [4.78, 5) is 13.9. The molecule has 1 atom stereocenters. The van der Waals surface area contributed by atoms with Gasteiger partial charge in [0.25, 0.3) is 0 Å². The second kappa shape index (κ2) is 12.9. The third-order valence-corrected chi connectivity index (χ3v) is 3.17. The van der Waals surface area contributed by atoms with Gasteiger partial charge in [-0.15, -0.1) is 24.8 Å². The van der Waals surface area contributed by atoms with Crippen LogP contribution in [0.2, 0.25) is 0 Å². The van der Waals surface area contributed by atoms with E-state index in [1.165, 1.54) is 13.0 Å². The number of nitrogens with one attached hydrogen (secondary N) is 2. The van der Waals surface area contributed by atoms with Gasteiger partial charge in [-0.25, -0.2) is 0 Å². The van der Waals surface area contributed by atoms with Crippen molar-refractivity contribution in [1.82, 2.24) is 15.5 Å². The average Bonchev–Trinajstić information content (AvgIpc) is 2.80. The number of carbonyl (C=O) groups is 1. The summed E-state index contributed by atoms with van der Waals surface area (Å²) in [6.45, 7) is 8.13. The van der Waals surface area contributed by atoms with Crippen LogP contribution < -0.4 is 10.6 Å². The molecule has 1 heterocycles. The predicted molar refractivity (Wildman–Crippen MR) is 82.5 cm³/mol.